The molecule has 1 aliphatic heterocycles. The minimum Gasteiger partial charge on any atom is -0.444 e. The molecule has 2 aromatic carbocycles. The van der Waals surface area contributed by atoms with E-state index in [0.717, 1.165) is 5.69 Å². The summed E-state index contributed by atoms with van der Waals surface area (Å²) in [5.74, 6) is -0.615. The number of halogens is 3. The number of hydrogen-bond acceptors (Lipinski definition) is 7. The van der Waals surface area contributed by atoms with Gasteiger partial charge in [0.25, 0.3) is 0 Å². The fraction of sp³-hybridized carbons (Fsp3) is 0.438. The van der Waals surface area contributed by atoms with Crippen molar-refractivity contribution in [2.45, 2.75) is 59.2 Å². The number of primary amides is 1. The van der Waals surface area contributed by atoms with E-state index in [1.54, 1.807) is 29.2 Å². The smallest absolute Gasteiger partial charge is 0.419 e. The quantitative estimate of drug-likeness (QED) is 0.298. The number of nitrogens with zero attached hydrogens (tertiary/aromatic N) is 4. The first-order chi connectivity index (χ1) is 20.8. The van der Waals surface area contributed by atoms with Gasteiger partial charge in [-0.05, 0) is 82.3 Å². The van der Waals surface area contributed by atoms with E-state index >= 15 is 0 Å². The molecule has 9 nitrogen and oxygen atoms in total. The lowest BCUT2D eigenvalue weighted by molar-refractivity contribution is -0.0864. The van der Waals surface area contributed by atoms with Gasteiger partial charge in [0.05, 0.1) is 11.3 Å². The molecule has 3 rings (SSSR count). The van der Waals surface area contributed by atoms with Crippen LogP contribution in [0, 0.1) is 0 Å². The van der Waals surface area contributed by atoms with Crippen LogP contribution in [0.4, 0.5) is 29.3 Å². The third-order valence-corrected chi connectivity index (χ3v) is 6.42. The summed E-state index contributed by atoms with van der Waals surface area (Å²) in [7, 11) is 0. The van der Waals surface area contributed by atoms with Crippen LogP contribution in [0.3, 0.4) is 0 Å². The van der Waals surface area contributed by atoms with Gasteiger partial charge in [0.15, 0.2) is 0 Å². The van der Waals surface area contributed by atoms with Gasteiger partial charge < -0.3 is 25.6 Å². The predicted octanol–water partition coefficient (Wildman–Crippen LogP) is 6.46. The molecule has 0 saturated carbocycles. The molecule has 1 aliphatic rings. The highest BCUT2D eigenvalue weighted by Gasteiger charge is 2.36. The molecule has 0 atom stereocenters. The first-order valence-corrected chi connectivity index (χ1v) is 14.5. The fourth-order valence-electron chi connectivity index (χ4n) is 4.33. The van der Waals surface area contributed by atoms with Crippen LogP contribution in [0.15, 0.2) is 70.3 Å². The Bertz CT molecular complexity index is 1310. The van der Waals surface area contributed by atoms with E-state index in [9.17, 15) is 22.8 Å². The Balaban J connectivity index is 0.00000330. The number of alkyl halides is 3. The van der Waals surface area contributed by atoms with Gasteiger partial charge in [-0.3, -0.25) is 14.8 Å². The summed E-state index contributed by atoms with van der Waals surface area (Å²) < 4.78 is 46.9. The summed E-state index contributed by atoms with van der Waals surface area (Å²) >= 11 is 0. The number of allylic oxidation sites excluding steroid dienone is 1. The summed E-state index contributed by atoms with van der Waals surface area (Å²) in [4.78, 5) is 35.2. The number of rotatable bonds is 10. The number of carbonyl (C=O) groups excluding carboxylic acids is 2. The second kappa shape index (κ2) is 16.5. The number of hydrogen-bond donors (Lipinski definition) is 2. The molecule has 1 heterocycles. The maximum atomic E-state index is 13.8. The third-order valence-electron chi connectivity index (χ3n) is 6.42. The van der Waals surface area contributed by atoms with Gasteiger partial charge in [-0.1, -0.05) is 26.0 Å². The van der Waals surface area contributed by atoms with Crippen LogP contribution in [0.1, 0.15) is 57.0 Å². The molecule has 0 radical (unpaired) electrons. The monoisotopic (exact) mass is 616 g/mol. The zero-order chi connectivity index (χ0) is 32.9. The van der Waals surface area contributed by atoms with Crippen LogP contribution in [0.2, 0.25) is 0 Å². The maximum Gasteiger partial charge on any atom is 0.419 e. The Morgan fingerprint density at radius 3 is 2.23 bits per heavy atom. The molecule has 0 aromatic heterocycles. The molecule has 1 fully saturated rings. The van der Waals surface area contributed by atoms with Crippen LogP contribution in [0.25, 0.3) is 0 Å². The average molecular weight is 617 g/mol. The lowest BCUT2D eigenvalue weighted by atomic mass is 10.0. The molecule has 12 heteroatoms. The summed E-state index contributed by atoms with van der Waals surface area (Å²) in [6.07, 6.45) is -4.17. The second-order valence-electron chi connectivity index (χ2n) is 10.7. The number of ether oxygens (including phenoxy) is 1. The van der Waals surface area contributed by atoms with Crippen molar-refractivity contribution in [3.8, 4) is 0 Å². The minimum absolute atomic E-state index is 0.0427. The number of benzene rings is 2. The van der Waals surface area contributed by atoms with Gasteiger partial charge in [0.1, 0.15) is 12.3 Å². The van der Waals surface area contributed by atoms with Crippen molar-refractivity contribution in [2.75, 3.05) is 43.1 Å². The zero-order valence-electron chi connectivity index (χ0n) is 26.1. The van der Waals surface area contributed by atoms with Gasteiger partial charge in [0.2, 0.25) is 5.91 Å². The maximum absolute atomic E-state index is 13.8. The molecule has 2 amide bonds. The van der Waals surface area contributed by atoms with Crippen molar-refractivity contribution in [3.05, 3.63) is 71.4 Å². The molecule has 0 unspecified atom stereocenters. The minimum atomic E-state index is -4.68. The number of aryl methyl sites for hydroxylation is 1. The van der Waals surface area contributed by atoms with E-state index in [2.05, 4.69) is 26.9 Å². The van der Waals surface area contributed by atoms with Crippen LogP contribution in [-0.4, -0.2) is 74.0 Å². The standard InChI is InChI=1S/C30H37F3N6O3.C2H6/c1-29(2,3)42-28(41)39-16-14-38(15-17-39)24-11-9-23(10-12-24)36-20-37-26(25(19-35-4)30(31,32)33)13-8-21-6-5-7-22(18-21)27(34)40;1-2/h5-7,9-12,18-19,36H,4,8,13-17,20H2,1-3H3,(H2,34,40);1-2H3/b25-19+,37-26-;. The predicted molar refractivity (Wildman–Crippen MR) is 171 cm³/mol. The highest BCUT2D eigenvalue weighted by atomic mass is 19.4. The van der Waals surface area contributed by atoms with Crippen molar-refractivity contribution in [2.24, 2.45) is 15.7 Å². The molecule has 1 saturated heterocycles. The largest absolute Gasteiger partial charge is 0.444 e. The van der Waals surface area contributed by atoms with Crippen molar-refractivity contribution < 1.29 is 27.5 Å². The van der Waals surface area contributed by atoms with E-state index in [4.69, 9.17) is 10.5 Å². The number of carbonyl (C=O) groups is 2. The highest BCUT2D eigenvalue weighted by Crippen LogP contribution is 2.29. The molecule has 3 N–H and O–H groups in total. The van der Waals surface area contributed by atoms with E-state index in [0.29, 0.717) is 43.6 Å². The lowest BCUT2D eigenvalue weighted by Gasteiger charge is -2.36. The molecule has 0 bridgehead atoms. The second-order valence-corrected chi connectivity index (χ2v) is 10.7. The molecule has 240 valence electrons. The first-order valence-electron chi connectivity index (χ1n) is 14.5. The summed E-state index contributed by atoms with van der Waals surface area (Å²) in [5.41, 5.74) is 6.18. The Morgan fingerprint density at radius 2 is 1.68 bits per heavy atom. The van der Waals surface area contributed by atoms with Crippen LogP contribution in [-0.2, 0) is 11.2 Å². The van der Waals surface area contributed by atoms with Crippen molar-refractivity contribution >= 4 is 35.8 Å². The summed E-state index contributed by atoms with van der Waals surface area (Å²) in [5, 5.41) is 3.04. The van der Waals surface area contributed by atoms with E-state index in [1.165, 1.54) is 0 Å². The number of piperazine rings is 1. The molecular weight excluding hydrogens is 573 g/mol. The van der Waals surface area contributed by atoms with Gasteiger partial charge in [0, 0.05) is 49.3 Å². The topological polar surface area (TPSA) is 113 Å². The van der Waals surface area contributed by atoms with Crippen molar-refractivity contribution in [3.63, 3.8) is 0 Å². The van der Waals surface area contributed by atoms with E-state index in [1.807, 2.05) is 58.9 Å². The van der Waals surface area contributed by atoms with Gasteiger partial charge >= 0.3 is 12.3 Å². The van der Waals surface area contributed by atoms with Crippen molar-refractivity contribution in [1.29, 1.82) is 0 Å². The highest BCUT2D eigenvalue weighted by molar-refractivity contribution is 6.01. The number of amides is 2. The van der Waals surface area contributed by atoms with E-state index < -0.39 is 23.3 Å². The van der Waals surface area contributed by atoms with Gasteiger partial charge in [-0.25, -0.2) is 4.79 Å². The number of anilines is 2. The fourth-order valence-corrected chi connectivity index (χ4v) is 4.33. The first kappa shape index (κ1) is 35.8. The van der Waals surface area contributed by atoms with Crippen molar-refractivity contribution in [1.82, 2.24) is 4.90 Å². The number of aliphatic imine (C=N–C) groups is 2. The number of nitrogens with one attached hydrogen (secondary N) is 1. The lowest BCUT2D eigenvalue weighted by Crippen LogP contribution is -2.50. The van der Waals surface area contributed by atoms with Crippen LogP contribution in [0.5, 0.6) is 0 Å². The van der Waals surface area contributed by atoms with Gasteiger partial charge in [-0.15, -0.1) is 0 Å². The molecule has 0 aliphatic carbocycles. The molecule has 0 spiro atoms. The third kappa shape index (κ3) is 11.4. The molecular formula is C32H43F3N6O3. The Morgan fingerprint density at radius 1 is 1.05 bits per heavy atom. The Labute approximate surface area is 257 Å². The normalized spacial score (nSPS) is 14.4. The van der Waals surface area contributed by atoms with E-state index in [-0.39, 0.29) is 36.9 Å². The Kier molecular flexibility index (Phi) is 13.4. The molecule has 44 heavy (non-hydrogen) atoms. The summed E-state index contributed by atoms with van der Waals surface area (Å²) in [6, 6.07) is 13.9. The average Bonchev–Trinajstić information content (AvgIpc) is 2.98. The van der Waals surface area contributed by atoms with Crippen LogP contribution < -0.4 is 16.0 Å². The summed E-state index contributed by atoms with van der Waals surface area (Å²) in [6.45, 7) is 14.9. The van der Waals surface area contributed by atoms with Gasteiger partial charge in [-0.2, -0.15) is 13.2 Å². The Hall–Kier alpha value is -4.35. The SMILES string of the molecule is C=N/C=C(\C(CCc1cccc(C(N)=O)c1)=N/CNc1ccc(N2CCN(C(=O)OC(C)(C)C)CC2)cc1)C(F)(F)F.CC. The van der Waals surface area contributed by atoms with Crippen LogP contribution >= 0.6 is 0 Å². The molecule has 2 aromatic rings. The zero-order valence-corrected chi connectivity index (χ0v) is 26.1. The number of nitrogens with two attached hydrogens (primary N) is 1.